The molecule has 0 heterocycles. The third kappa shape index (κ3) is 4.97. The molecule has 1 rings (SSSR count). The molecule has 0 aliphatic heterocycles. The number of aliphatic hydroxyl groups is 1. The molecule has 118 valence electrons. The zero-order chi connectivity index (χ0) is 15.9. The third-order valence-electron chi connectivity index (χ3n) is 2.47. The summed E-state index contributed by atoms with van der Waals surface area (Å²) in [5.74, 6) is -0.771. The van der Waals surface area contributed by atoms with Crippen molar-refractivity contribution in [1.82, 2.24) is 4.72 Å². The van der Waals surface area contributed by atoms with Gasteiger partial charge in [-0.3, -0.25) is 0 Å². The summed E-state index contributed by atoms with van der Waals surface area (Å²) in [7, 11) is -2.77. The number of hydrogen-bond acceptors (Lipinski definition) is 7. The number of nitrogens with one attached hydrogen (secondary N) is 1. The highest BCUT2D eigenvalue weighted by atomic mass is 32.2. The Morgan fingerprint density at radius 1 is 1.38 bits per heavy atom. The van der Waals surface area contributed by atoms with Crippen LogP contribution in [0.4, 0.5) is 5.69 Å². The minimum Gasteiger partial charge on any atom is -0.465 e. The molecule has 0 saturated carbocycles. The van der Waals surface area contributed by atoms with Crippen LogP contribution < -0.4 is 10.5 Å². The van der Waals surface area contributed by atoms with Gasteiger partial charge in [0, 0.05) is 12.2 Å². The number of benzene rings is 1. The van der Waals surface area contributed by atoms with E-state index in [4.69, 9.17) is 15.6 Å². The monoisotopic (exact) mass is 318 g/mol. The summed E-state index contributed by atoms with van der Waals surface area (Å²) in [6.45, 7) is 0.0648. The number of ether oxygens (including phenoxy) is 2. The van der Waals surface area contributed by atoms with Crippen LogP contribution in [0.3, 0.4) is 0 Å². The summed E-state index contributed by atoms with van der Waals surface area (Å²) in [6, 6.07) is 3.89. The molecule has 0 aliphatic rings. The SMILES string of the molecule is COC(=O)c1ccc(N)cc1S(=O)(=O)NCCOCCO. The second kappa shape index (κ2) is 7.93. The van der Waals surface area contributed by atoms with Crippen LogP contribution in [0.25, 0.3) is 0 Å². The summed E-state index contributed by atoms with van der Waals surface area (Å²) in [4.78, 5) is 11.3. The maximum absolute atomic E-state index is 12.2. The number of nitrogens with two attached hydrogens (primary N) is 1. The molecule has 0 spiro atoms. The largest absolute Gasteiger partial charge is 0.465 e. The average molecular weight is 318 g/mol. The number of esters is 1. The predicted octanol–water partition coefficient (Wildman–Crippen LogP) is -0.657. The maximum atomic E-state index is 12.2. The van der Waals surface area contributed by atoms with Gasteiger partial charge in [0.05, 0.1) is 37.4 Å². The Balaban J connectivity index is 2.91. The second-order valence-electron chi connectivity index (χ2n) is 3.98. The molecule has 0 aliphatic carbocycles. The summed E-state index contributed by atoms with van der Waals surface area (Å²) in [5, 5.41) is 8.53. The van der Waals surface area contributed by atoms with E-state index in [2.05, 4.69) is 9.46 Å². The van der Waals surface area contributed by atoms with Crippen molar-refractivity contribution in [3.8, 4) is 0 Å². The van der Waals surface area contributed by atoms with Crippen LogP contribution in [-0.4, -0.2) is 53.0 Å². The number of methoxy groups -OCH3 is 1. The van der Waals surface area contributed by atoms with Crippen LogP contribution in [0.1, 0.15) is 10.4 Å². The van der Waals surface area contributed by atoms with E-state index in [1.807, 2.05) is 0 Å². The molecule has 0 fully saturated rings. The maximum Gasteiger partial charge on any atom is 0.339 e. The van der Waals surface area contributed by atoms with Crippen molar-refractivity contribution in [2.75, 3.05) is 39.2 Å². The standard InChI is InChI=1S/C12H18N2O6S/c1-19-12(16)10-3-2-9(13)8-11(10)21(17,18)14-4-6-20-7-5-15/h2-3,8,14-15H,4-7,13H2,1H3. The van der Waals surface area contributed by atoms with Crippen molar-refractivity contribution in [2.24, 2.45) is 0 Å². The lowest BCUT2D eigenvalue weighted by Crippen LogP contribution is -2.29. The first kappa shape index (κ1) is 17.4. The Bertz CT molecular complexity index is 587. The van der Waals surface area contributed by atoms with E-state index in [1.54, 1.807) is 0 Å². The van der Waals surface area contributed by atoms with Crippen LogP contribution >= 0.6 is 0 Å². The minimum atomic E-state index is -3.93. The Kier molecular flexibility index (Phi) is 6.56. The van der Waals surface area contributed by atoms with E-state index < -0.39 is 16.0 Å². The molecular formula is C12H18N2O6S. The van der Waals surface area contributed by atoms with Crippen molar-refractivity contribution in [3.05, 3.63) is 23.8 Å². The van der Waals surface area contributed by atoms with Gasteiger partial charge in [0.2, 0.25) is 10.0 Å². The summed E-state index contributed by atoms with van der Waals surface area (Å²) in [5.41, 5.74) is 5.67. The Labute approximate surface area is 122 Å². The van der Waals surface area contributed by atoms with Crippen LogP contribution in [0.2, 0.25) is 0 Å². The Morgan fingerprint density at radius 2 is 2.10 bits per heavy atom. The van der Waals surface area contributed by atoms with Crippen molar-refractivity contribution in [1.29, 1.82) is 0 Å². The Hall–Kier alpha value is -1.68. The summed E-state index contributed by atoms with van der Waals surface area (Å²) in [6.07, 6.45) is 0. The predicted molar refractivity (Wildman–Crippen MR) is 75.3 cm³/mol. The van der Waals surface area contributed by atoms with Gasteiger partial charge in [-0.05, 0) is 18.2 Å². The molecule has 0 saturated heterocycles. The van der Waals surface area contributed by atoms with Gasteiger partial charge < -0.3 is 20.3 Å². The van der Waals surface area contributed by atoms with Gasteiger partial charge in [-0.15, -0.1) is 0 Å². The van der Waals surface area contributed by atoms with E-state index >= 15 is 0 Å². The van der Waals surface area contributed by atoms with E-state index in [0.29, 0.717) is 0 Å². The Morgan fingerprint density at radius 3 is 2.71 bits per heavy atom. The lowest BCUT2D eigenvalue weighted by atomic mass is 10.2. The van der Waals surface area contributed by atoms with Gasteiger partial charge in [-0.25, -0.2) is 17.9 Å². The molecule has 0 atom stereocenters. The topological polar surface area (TPSA) is 128 Å². The van der Waals surface area contributed by atoms with Crippen molar-refractivity contribution in [2.45, 2.75) is 4.90 Å². The molecular weight excluding hydrogens is 300 g/mol. The van der Waals surface area contributed by atoms with E-state index in [1.165, 1.54) is 18.2 Å². The molecule has 1 aromatic carbocycles. The number of carbonyl (C=O) groups is 1. The number of aliphatic hydroxyl groups excluding tert-OH is 1. The average Bonchev–Trinajstić information content (AvgIpc) is 2.46. The third-order valence-corrected chi connectivity index (χ3v) is 3.98. The highest BCUT2D eigenvalue weighted by Crippen LogP contribution is 2.19. The number of hydrogen-bond donors (Lipinski definition) is 3. The number of rotatable bonds is 8. The number of sulfonamides is 1. The number of anilines is 1. The molecule has 4 N–H and O–H groups in total. The van der Waals surface area contributed by atoms with Crippen LogP contribution in [0, 0.1) is 0 Å². The highest BCUT2D eigenvalue weighted by Gasteiger charge is 2.23. The first-order valence-corrected chi connectivity index (χ1v) is 7.57. The fourth-order valence-corrected chi connectivity index (χ4v) is 2.77. The summed E-state index contributed by atoms with van der Waals surface area (Å²) < 4.78 is 36.1. The molecule has 0 unspecified atom stereocenters. The fourth-order valence-electron chi connectivity index (χ4n) is 1.53. The van der Waals surface area contributed by atoms with Gasteiger partial charge in [-0.2, -0.15) is 0 Å². The molecule has 8 nitrogen and oxygen atoms in total. The van der Waals surface area contributed by atoms with E-state index in [-0.39, 0.29) is 42.5 Å². The van der Waals surface area contributed by atoms with Gasteiger partial charge in [0.15, 0.2) is 0 Å². The van der Waals surface area contributed by atoms with E-state index in [9.17, 15) is 13.2 Å². The lowest BCUT2D eigenvalue weighted by Gasteiger charge is -2.11. The molecule has 0 amide bonds. The zero-order valence-corrected chi connectivity index (χ0v) is 12.4. The molecule has 0 radical (unpaired) electrons. The normalized spacial score (nSPS) is 11.3. The summed E-state index contributed by atoms with van der Waals surface area (Å²) >= 11 is 0. The fraction of sp³-hybridized carbons (Fsp3) is 0.417. The van der Waals surface area contributed by atoms with Gasteiger partial charge >= 0.3 is 5.97 Å². The van der Waals surface area contributed by atoms with Gasteiger partial charge in [0.1, 0.15) is 0 Å². The molecule has 21 heavy (non-hydrogen) atoms. The second-order valence-corrected chi connectivity index (χ2v) is 5.72. The lowest BCUT2D eigenvalue weighted by molar-refractivity contribution is 0.0596. The first-order chi connectivity index (χ1) is 9.92. The van der Waals surface area contributed by atoms with Crippen molar-refractivity contribution in [3.63, 3.8) is 0 Å². The molecule has 0 aromatic heterocycles. The van der Waals surface area contributed by atoms with Crippen LogP contribution in [-0.2, 0) is 19.5 Å². The minimum absolute atomic E-state index is 0.00224. The first-order valence-electron chi connectivity index (χ1n) is 6.08. The van der Waals surface area contributed by atoms with Gasteiger partial charge in [0.25, 0.3) is 0 Å². The zero-order valence-electron chi connectivity index (χ0n) is 11.5. The van der Waals surface area contributed by atoms with E-state index in [0.717, 1.165) is 7.11 Å². The van der Waals surface area contributed by atoms with Crippen LogP contribution in [0.5, 0.6) is 0 Å². The number of carbonyl (C=O) groups excluding carboxylic acids is 1. The molecule has 0 bridgehead atoms. The van der Waals surface area contributed by atoms with Crippen LogP contribution in [0.15, 0.2) is 23.1 Å². The highest BCUT2D eigenvalue weighted by molar-refractivity contribution is 7.89. The quantitative estimate of drug-likeness (QED) is 0.330. The molecule has 9 heteroatoms. The van der Waals surface area contributed by atoms with Gasteiger partial charge in [-0.1, -0.05) is 0 Å². The number of nitrogen functional groups attached to an aromatic ring is 1. The van der Waals surface area contributed by atoms with Crippen molar-refractivity contribution < 1.29 is 27.8 Å². The smallest absolute Gasteiger partial charge is 0.339 e. The van der Waals surface area contributed by atoms with Crippen molar-refractivity contribution >= 4 is 21.7 Å². The molecule has 1 aromatic rings.